The third kappa shape index (κ3) is 3.24. The Labute approximate surface area is 179 Å². The molecule has 2 bridgehead atoms. The van der Waals surface area contributed by atoms with Gasteiger partial charge in [0, 0.05) is 29.1 Å². The highest BCUT2D eigenvalue weighted by molar-refractivity contribution is 5.72. The Balaban J connectivity index is 1.56. The van der Waals surface area contributed by atoms with Crippen molar-refractivity contribution in [2.75, 3.05) is 27.2 Å². The fourth-order valence-corrected chi connectivity index (χ4v) is 5.40. The number of benzene rings is 1. The van der Waals surface area contributed by atoms with Crippen molar-refractivity contribution in [2.45, 2.75) is 44.9 Å². The third-order valence-electron chi connectivity index (χ3n) is 6.80. The van der Waals surface area contributed by atoms with Crippen LogP contribution in [0.4, 0.5) is 0 Å². The zero-order valence-corrected chi connectivity index (χ0v) is 18.5. The highest BCUT2D eigenvalue weighted by Crippen LogP contribution is 2.58. The number of nitrogens with zero attached hydrogens (tertiary/aromatic N) is 3. The van der Waals surface area contributed by atoms with Crippen LogP contribution in [0.5, 0.6) is 5.75 Å². The Morgan fingerprint density at radius 3 is 2.43 bits per heavy atom. The molecule has 0 amide bonds. The predicted octanol–water partition coefficient (Wildman–Crippen LogP) is 5.46. The average molecular weight is 402 g/mol. The topological polar surface area (TPSA) is 30.3 Å². The molecule has 1 saturated carbocycles. The second-order valence-electron chi connectivity index (χ2n) is 9.13. The van der Waals surface area contributed by atoms with E-state index < -0.39 is 0 Å². The first-order chi connectivity index (χ1) is 14.5. The van der Waals surface area contributed by atoms with E-state index in [9.17, 15) is 0 Å². The maximum atomic E-state index is 6.25. The number of ether oxygens (including phenoxy) is 1. The fourth-order valence-electron chi connectivity index (χ4n) is 5.40. The van der Waals surface area contributed by atoms with Crippen molar-refractivity contribution in [3.05, 3.63) is 65.0 Å². The molecule has 1 aromatic carbocycles. The van der Waals surface area contributed by atoms with Crippen LogP contribution in [0.3, 0.4) is 0 Å². The molecule has 1 fully saturated rings. The summed E-state index contributed by atoms with van der Waals surface area (Å²) in [5.74, 6) is 3.39. The second kappa shape index (κ2) is 7.59. The summed E-state index contributed by atoms with van der Waals surface area (Å²) in [4.78, 5) is 7.27. The fraction of sp³-hybridized carbons (Fsp3) is 0.423. The zero-order valence-electron chi connectivity index (χ0n) is 18.5. The second-order valence-corrected chi connectivity index (χ2v) is 9.13. The molecule has 4 nitrogen and oxygen atoms in total. The largest absolute Gasteiger partial charge is 0.492 e. The van der Waals surface area contributed by atoms with E-state index in [-0.39, 0.29) is 0 Å². The summed E-state index contributed by atoms with van der Waals surface area (Å²) in [5.41, 5.74) is 7.75. The normalized spacial score (nSPS) is 19.5. The van der Waals surface area contributed by atoms with Crippen molar-refractivity contribution in [1.29, 1.82) is 0 Å². The average Bonchev–Trinajstić information content (AvgIpc) is 3.43. The van der Waals surface area contributed by atoms with Crippen LogP contribution >= 0.6 is 0 Å². The minimum absolute atomic E-state index is 0.649. The van der Waals surface area contributed by atoms with Crippen molar-refractivity contribution >= 4 is 0 Å². The summed E-state index contributed by atoms with van der Waals surface area (Å²) in [6.45, 7) is 5.94. The van der Waals surface area contributed by atoms with Gasteiger partial charge >= 0.3 is 0 Å². The Bertz CT molecular complexity index is 1060. The first-order valence-corrected chi connectivity index (χ1v) is 11.1. The molecule has 3 aromatic rings. The molecule has 156 valence electrons. The quantitative estimate of drug-likeness (QED) is 0.549. The predicted molar refractivity (Wildman–Crippen MR) is 122 cm³/mol. The van der Waals surface area contributed by atoms with E-state index in [1.54, 1.807) is 0 Å². The minimum Gasteiger partial charge on any atom is -0.492 e. The smallest absolute Gasteiger partial charge is 0.137 e. The lowest BCUT2D eigenvalue weighted by Gasteiger charge is -2.23. The Morgan fingerprint density at radius 1 is 0.967 bits per heavy atom. The molecular formula is C26H31N3O. The van der Waals surface area contributed by atoms with E-state index in [1.807, 2.05) is 0 Å². The van der Waals surface area contributed by atoms with Gasteiger partial charge in [0.05, 0.1) is 5.69 Å². The molecule has 2 aromatic heterocycles. The van der Waals surface area contributed by atoms with Crippen molar-refractivity contribution in [1.82, 2.24) is 14.5 Å². The van der Waals surface area contributed by atoms with Crippen LogP contribution in [0.2, 0.25) is 0 Å². The van der Waals surface area contributed by atoms with Gasteiger partial charge in [0.25, 0.3) is 0 Å². The van der Waals surface area contributed by atoms with Crippen LogP contribution in [0, 0.1) is 13.8 Å². The number of likely N-dealkylation sites (N-methyl/N-ethyl adjacent to an activating group) is 1. The van der Waals surface area contributed by atoms with Gasteiger partial charge in [-0.2, -0.15) is 0 Å². The number of hydrogen-bond acceptors (Lipinski definition) is 3. The summed E-state index contributed by atoms with van der Waals surface area (Å²) < 4.78 is 8.48. The Kier molecular flexibility index (Phi) is 4.90. The third-order valence-corrected chi connectivity index (χ3v) is 6.80. The number of hydrogen-bond donors (Lipinski definition) is 0. The van der Waals surface area contributed by atoms with E-state index >= 15 is 0 Å². The molecule has 30 heavy (non-hydrogen) atoms. The maximum Gasteiger partial charge on any atom is 0.137 e. The maximum absolute atomic E-state index is 6.25. The summed E-state index contributed by atoms with van der Waals surface area (Å²) in [6.07, 6.45) is 3.85. The SMILES string of the molecule is Cc1ccc(C)n1-c1cccc(-c2ccc(OCCN(C)C)c3c2C2CCC3C2)n1. The minimum atomic E-state index is 0.649. The molecule has 5 rings (SSSR count). The molecule has 4 heteroatoms. The van der Waals surface area contributed by atoms with E-state index in [2.05, 4.69) is 79.9 Å². The van der Waals surface area contributed by atoms with Crippen LogP contribution in [0.15, 0.2) is 42.5 Å². The van der Waals surface area contributed by atoms with Crippen molar-refractivity contribution in [3.8, 4) is 22.8 Å². The van der Waals surface area contributed by atoms with Crippen LogP contribution in [-0.2, 0) is 0 Å². The first kappa shape index (κ1) is 19.4. The van der Waals surface area contributed by atoms with Crippen LogP contribution in [0.25, 0.3) is 17.1 Å². The number of aryl methyl sites for hydroxylation is 2. The van der Waals surface area contributed by atoms with Gasteiger partial charge in [-0.25, -0.2) is 4.98 Å². The van der Waals surface area contributed by atoms with E-state index in [1.165, 1.54) is 47.3 Å². The number of aromatic nitrogens is 2. The Morgan fingerprint density at radius 2 is 1.70 bits per heavy atom. The monoisotopic (exact) mass is 401 g/mol. The molecule has 2 heterocycles. The Hall–Kier alpha value is -2.59. The standard InChI is InChI=1S/C26H31N3O/c1-17-8-9-18(2)29(17)24-7-5-6-22(27-24)21-12-13-23(30-15-14-28(3)4)26-20-11-10-19(16-20)25(21)26/h5-9,12-13,19-20H,10-11,14-16H2,1-4H3. The highest BCUT2D eigenvalue weighted by atomic mass is 16.5. The molecule has 0 saturated heterocycles. The van der Waals surface area contributed by atoms with Gasteiger partial charge in [-0.1, -0.05) is 6.07 Å². The van der Waals surface area contributed by atoms with Crippen LogP contribution in [0.1, 0.15) is 53.6 Å². The molecule has 0 N–H and O–H groups in total. The van der Waals surface area contributed by atoms with Gasteiger partial charge in [0.15, 0.2) is 0 Å². The number of fused-ring (bicyclic) bond motifs is 5. The molecule has 2 aliphatic carbocycles. The molecular weight excluding hydrogens is 370 g/mol. The van der Waals surface area contributed by atoms with Crippen molar-refractivity contribution in [2.24, 2.45) is 0 Å². The van der Waals surface area contributed by atoms with Gasteiger partial charge < -0.3 is 14.2 Å². The molecule has 2 unspecified atom stereocenters. The molecule has 2 atom stereocenters. The molecule has 0 aliphatic heterocycles. The van der Waals surface area contributed by atoms with Gasteiger partial charge in [-0.3, -0.25) is 0 Å². The van der Waals surface area contributed by atoms with Gasteiger partial charge in [-0.15, -0.1) is 0 Å². The van der Waals surface area contributed by atoms with Gasteiger partial charge in [0.1, 0.15) is 18.2 Å². The number of pyridine rings is 1. The lowest BCUT2D eigenvalue weighted by molar-refractivity contribution is 0.258. The lowest BCUT2D eigenvalue weighted by atomic mass is 9.86. The summed E-state index contributed by atoms with van der Waals surface area (Å²) in [5, 5.41) is 0. The summed E-state index contributed by atoms with van der Waals surface area (Å²) >= 11 is 0. The first-order valence-electron chi connectivity index (χ1n) is 11.1. The van der Waals surface area contributed by atoms with E-state index in [4.69, 9.17) is 9.72 Å². The van der Waals surface area contributed by atoms with Gasteiger partial charge in [-0.05, 0) is 101 Å². The molecule has 2 aliphatic rings. The van der Waals surface area contributed by atoms with E-state index in [0.29, 0.717) is 11.8 Å². The van der Waals surface area contributed by atoms with Crippen molar-refractivity contribution < 1.29 is 4.74 Å². The van der Waals surface area contributed by atoms with Gasteiger partial charge in [0.2, 0.25) is 0 Å². The lowest BCUT2D eigenvalue weighted by Crippen LogP contribution is -2.20. The van der Waals surface area contributed by atoms with Crippen LogP contribution in [-0.4, -0.2) is 41.7 Å². The van der Waals surface area contributed by atoms with Crippen LogP contribution < -0.4 is 4.74 Å². The molecule has 0 radical (unpaired) electrons. The molecule has 0 spiro atoms. The van der Waals surface area contributed by atoms with E-state index in [0.717, 1.165) is 30.4 Å². The summed E-state index contributed by atoms with van der Waals surface area (Å²) in [7, 11) is 4.18. The zero-order chi connectivity index (χ0) is 20.8. The number of rotatable bonds is 6. The van der Waals surface area contributed by atoms with Crippen molar-refractivity contribution in [3.63, 3.8) is 0 Å². The summed E-state index contributed by atoms with van der Waals surface area (Å²) in [6, 6.07) is 15.1. The highest BCUT2D eigenvalue weighted by Gasteiger charge is 2.41.